The summed E-state index contributed by atoms with van der Waals surface area (Å²) in [5, 5.41) is 4.76. The van der Waals surface area contributed by atoms with Gasteiger partial charge >= 0.3 is 0 Å². The van der Waals surface area contributed by atoms with E-state index in [4.69, 9.17) is 0 Å². The Labute approximate surface area is 141 Å². The minimum Gasteiger partial charge on any atom is -0.347 e. The molecule has 1 heterocycles. The van der Waals surface area contributed by atoms with Crippen LogP contribution in [-0.4, -0.2) is 31.7 Å². The van der Waals surface area contributed by atoms with Crippen LogP contribution in [0.5, 0.6) is 0 Å². The van der Waals surface area contributed by atoms with Crippen LogP contribution in [0.25, 0.3) is 0 Å². The highest BCUT2D eigenvalue weighted by atomic mass is 32.2. The van der Waals surface area contributed by atoms with Gasteiger partial charge in [-0.3, -0.25) is 4.79 Å². The van der Waals surface area contributed by atoms with E-state index < -0.39 is 10.0 Å². The molecule has 0 spiro atoms. The number of hydrogen-bond acceptors (Lipinski definition) is 4. The summed E-state index contributed by atoms with van der Waals surface area (Å²) in [6.45, 7) is 4.08. The van der Waals surface area contributed by atoms with Gasteiger partial charge in [0.1, 0.15) is 0 Å². The van der Waals surface area contributed by atoms with Gasteiger partial charge in [0.2, 0.25) is 10.0 Å². The summed E-state index contributed by atoms with van der Waals surface area (Å²) < 4.78 is 26.0. The minimum atomic E-state index is -3.53. The molecule has 5 nitrogen and oxygen atoms in total. The fraction of sp³-hybridized carbons (Fsp3) is 0.312. The van der Waals surface area contributed by atoms with Crippen LogP contribution < -0.4 is 5.32 Å². The Morgan fingerprint density at radius 2 is 1.87 bits per heavy atom. The van der Waals surface area contributed by atoms with Crippen LogP contribution >= 0.6 is 11.3 Å². The van der Waals surface area contributed by atoms with Gasteiger partial charge < -0.3 is 5.32 Å². The van der Waals surface area contributed by atoms with Gasteiger partial charge in [0.15, 0.2) is 0 Å². The fourth-order valence-electron chi connectivity index (χ4n) is 1.90. The first-order chi connectivity index (χ1) is 10.8. The standard InChI is InChI=1S/C16H20N2O3S2/c1-12(2)18(3)23(20,21)15-8-6-13(7-9-15)16(19)17-11-14-5-4-10-22-14/h4-10,12H,11H2,1-3H3,(H,17,19). The lowest BCUT2D eigenvalue weighted by Gasteiger charge is -2.21. The molecule has 0 fully saturated rings. The van der Waals surface area contributed by atoms with Crippen molar-refractivity contribution in [2.75, 3.05) is 7.05 Å². The summed E-state index contributed by atoms with van der Waals surface area (Å²) in [4.78, 5) is 13.3. The summed E-state index contributed by atoms with van der Waals surface area (Å²) >= 11 is 1.57. The Kier molecular flexibility index (Phi) is 5.56. The number of sulfonamides is 1. The number of thiophene rings is 1. The molecule has 2 rings (SSSR count). The first-order valence-corrected chi connectivity index (χ1v) is 9.53. The topological polar surface area (TPSA) is 66.5 Å². The zero-order valence-corrected chi connectivity index (χ0v) is 14.9. The molecular formula is C16H20N2O3S2. The molecule has 1 N–H and O–H groups in total. The molecule has 124 valence electrons. The van der Waals surface area contributed by atoms with Crippen molar-refractivity contribution >= 4 is 27.3 Å². The van der Waals surface area contributed by atoms with E-state index in [1.54, 1.807) is 18.4 Å². The third-order valence-electron chi connectivity index (χ3n) is 3.52. The monoisotopic (exact) mass is 352 g/mol. The summed E-state index contributed by atoms with van der Waals surface area (Å²) in [5.41, 5.74) is 0.438. The summed E-state index contributed by atoms with van der Waals surface area (Å²) in [5.74, 6) is -0.223. The maximum absolute atomic E-state index is 12.4. The van der Waals surface area contributed by atoms with E-state index >= 15 is 0 Å². The van der Waals surface area contributed by atoms with Gasteiger partial charge in [-0.2, -0.15) is 4.31 Å². The second-order valence-electron chi connectivity index (χ2n) is 5.40. The summed E-state index contributed by atoms with van der Waals surface area (Å²) in [7, 11) is -1.98. The minimum absolute atomic E-state index is 0.131. The van der Waals surface area contributed by atoms with Gasteiger partial charge in [0.25, 0.3) is 5.91 Å². The number of hydrogen-bond donors (Lipinski definition) is 1. The van der Waals surface area contributed by atoms with Crippen molar-refractivity contribution in [3.8, 4) is 0 Å². The van der Waals surface area contributed by atoms with Gasteiger partial charge in [0, 0.05) is 23.5 Å². The molecule has 0 bridgehead atoms. The Hall–Kier alpha value is -1.70. The maximum atomic E-state index is 12.4. The van der Waals surface area contributed by atoms with Crippen molar-refractivity contribution in [2.24, 2.45) is 0 Å². The number of benzene rings is 1. The number of nitrogens with zero attached hydrogens (tertiary/aromatic N) is 1. The zero-order valence-electron chi connectivity index (χ0n) is 13.3. The normalized spacial score (nSPS) is 11.9. The van der Waals surface area contributed by atoms with Crippen molar-refractivity contribution in [1.29, 1.82) is 0 Å². The molecule has 0 aliphatic rings. The van der Waals surface area contributed by atoms with Crippen LogP contribution in [0.4, 0.5) is 0 Å². The zero-order chi connectivity index (χ0) is 17.0. The van der Waals surface area contributed by atoms with Crippen molar-refractivity contribution in [3.05, 3.63) is 52.2 Å². The molecule has 23 heavy (non-hydrogen) atoms. The number of rotatable bonds is 6. The van der Waals surface area contributed by atoms with Crippen LogP contribution in [0.2, 0.25) is 0 Å². The lowest BCUT2D eigenvalue weighted by atomic mass is 10.2. The van der Waals surface area contributed by atoms with Crippen molar-refractivity contribution in [2.45, 2.75) is 31.3 Å². The van der Waals surface area contributed by atoms with E-state index in [-0.39, 0.29) is 16.8 Å². The fourth-order valence-corrected chi connectivity index (χ4v) is 3.92. The molecule has 7 heteroatoms. The van der Waals surface area contributed by atoms with Crippen molar-refractivity contribution in [1.82, 2.24) is 9.62 Å². The molecule has 0 radical (unpaired) electrons. The molecular weight excluding hydrogens is 332 g/mol. The van der Waals surface area contributed by atoms with Gasteiger partial charge in [-0.05, 0) is 49.6 Å². The van der Waals surface area contributed by atoms with E-state index in [2.05, 4.69) is 5.32 Å². The largest absolute Gasteiger partial charge is 0.347 e. The average Bonchev–Trinajstić information content (AvgIpc) is 3.05. The quantitative estimate of drug-likeness (QED) is 0.869. The lowest BCUT2D eigenvalue weighted by molar-refractivity contribution is 0.0951. The van der Waals surface area contributed by atoms with Crippen LogP contribution in [0.1, 0.15) is 29.1 Å². The molecule has 1 aromatic heterocycles. The highest BCUT2D eigenvalue weighted by molar-refractivity contribution is 7.89. The third-order valence-corrected chi connectivity index (χ3v) is 6.45. The first-order valence-electron chi connectivity index (χ1n) is 7.21. The number of amides is 1. The molecule has 0 unspecified atom stereocenters. The first kappa shape index (κ1) is 17.7. The van der Waals surface area contributed by atoms with E-state index in [9.17, 15) is 13.2 Å². The third kappa shape index (κ3) is 4.19. The van der Waals surface area contributed by atoms with Crippen molar-refractivity contribution in [3.63, 3.8) is 0 Å². The smallest absolute Gasteiger partial charge is 0.251 e. The Morgan fingerprint density at radius 1 is 1.22 bits per heavy atom. The summed E-state index contributed by atoms with van der Waals surface area (Å²) in [6.07, 6.45) is 0. The average molecular weight is 352 g/mol. The van der Waals surface area contributed by atoms with Gasteiger partial charge in [0.05, 0.1) is 11.4 Å². The van der Waals surface area contributed by atoms with Crippen LogP contribution in [0.15, 0.2) is 46.7 Å². The predicted molar refractivity (Wildman–Crippen MR) is 92.0 cm³/mol. The predicted octanol–water partition coefficient (Wildman–Crippen LogP) is 2.71. The van der Waals surface area contributed by atoms with E-state index in [1.807, 2.05) is 31.4 Å². The van der Waals surface area contributed by atoms with Gasteiger partial charge in [-0.25, -0.2) is 8.42 Å². The second kappa shape index (κ2) is 7.25. The van der Waals surface area contributed by atoms with Gasteiger partial charge in [-0.1, -0.05) is 6.07 Å². The number of carbonyl (C=O) groups excluding carboxylic acids is 1. The second-order valence-corrected chi connectivity index (χ2v) is 8.43. The number of carbonyl (C=O) groups is 1. The molecule has 0 aliphatic heterocycles. The van der Waals surface area contributed by atoms with Crippen LogP contribution in [-0.2, 0) is 16.6 Å². The SMILES string of the molecule is CC(C)N(C)S(=O)(=O)c1ccc(C(=O)NCc2cccs2)cc1. The molecule has 0 saturated carbocycles. The maximum Gasteiger partial charge on any atom is 0.251 e. The molecule has 0 saturated heterocycles. The molecule has 2 aromatic rings. The number of nitrogens with one attached hydrogen (secondary N) is 1. The highest BCUT2D eigenvalue weighted by Gasteiger charge is 2.23. The van der Waals surface area contributed by atoms with E-state index in [1.165, 1.54) is 28.6 Å². The van der Waals surface area contributed by atoms with Crippen LogP contribution in [0.3, 0.4) is 0 Å². The van der Waals surface area contributed by atoms with E-state index in [0.717, 1.165) is 4.88 Å². The molecule has 1 amide bonds. The van der Waals surface area contributed by atoms with Crippen LogP contribution in [0, 0.1) is 0 Å². The molecule has 1 aromatic carbocycles. The Bertz CT molecular complexity index is 751. The lowest BCUT2D eigenvalue weighted by Crippen LogP contribution is -2.33. The van der Waals surface area contributed by atoms with E-state index in [0.29, 0.717) is 12.1 Å². The Balaban J connectivity index is 2.08. The van der Waals surface area contributed by atoms with Crippen molar-refractivity contribution < 1.29 is 13.2 Å². The van der Waals surface area contributed by atoms with Gasteiger partial charge in [-0.15, -0.1) is 11.3 Å². The summed E-state index contributed by atoms with van der Waals surface area (Å²) in [6, 6.07) is 9.74. The Morgan fingerprint density at radius 3 is 2.39 bits per heavy atom. The highest BCUT2D eigenvalue weighted by Crippen LogP contribution is 2.17. The molecule has 0 atom stereocenters. The molecule has 0 aliphatic carbocycles.